The van der Waals surface area contributed by atoms with Crippen molar-refractivity contribution >= 4 is 38.7 Å². The van der Waals surface area contributed by atoms with Crippen molar-refractivity contribution < 1.29 is 41.4 Å². The molecule has 1 aromatic rings. The number of carbonyl (C=O) groups excluding carboxylic acids is 3. The Bertz CT molecular complexity index is 1690. The Balaban J connectivity index is 1.56. The second-order valence-corrected chi connectivity index (χ2v) is 16.4. The maximum Gasteiger partial charge on any atom is 0.339 e. The van der Waals surface area contributed by atoms with Gasteiger partial charge in [-0.1, -0.05) is 45.5 Å². The summed E-state index contributed by atoms with van der Waals surface area (Å²) in [5.41, 5.74) is -7.39. The molecule has 0 saturated heterocycles. The molecule has 1 aromatic carbocycles. The van der Waals surface area contributed by atoms with Crippen molar-refractivity contribution in [2.45, 2.75) is 82.3 Å². The van der Waals surface area contributed by atoms with E-state index in [-0.39, 0.29) is 54.1 Å². The number of carbonyl (C=O) groups is 3. The summed E-state index contributed by atoms with van der Waals surface area (Å²) >= 11 is 0.660. The van der Waals surface area contributed by atoms with Gasteiger partial charge >= 0.3 is 5.97 Å². The number of hydrogen-bond donors (Lipinski definition) is 1. The van der Waals surface area contributed by atoms with Crippen LogP contribution < -0.4 is 0 Å². The van der Waals surface area contributed by atoms with Crippen LogP contribution in [0.25, 0.3) is 0 Å². The lowest BCUT2D eigenvalue weighted by Gasteiger charge is -2.63. The highest BCUT2D eigenvalue weighted by atomic mass is 32.2. The van der Waals surface area contributed by atoms with Gasteiger partial charge in [0.05, 0.1) is 28.4 Å². The third-order valence-corrected chi connectivity index (χ3v) is 14.3. The van der Waals surface area contributed by atoms with Crippen molar-refractivity contribution in [2.75, 3.05) is 18.8 Å². The normalized spacial score (nSPS) is 37.7. The fraction of sp³-hybridized carbons (Fsp3) is 0.588. The number of sulfonamides is 1. The minimum absolute atomic E-state index is 0.0254. The SMILES string of the molecule is CCN(CC)S(=O)(=O)c1ccc(C(=O)O[C@@]2(C(=O)SCC#N)[C@H](C)C[C@H]3[C@@H]4C[C@H](F)C5=CC(=O)C=C[C@]5(C)[C@@]4(F)[C@@H](O)C[C@@]32C)cc1. The Hall–Kier alpha value is -2.92. The van der Waals surface area contributed by atoms with Gasteiger partial charge in [-0.05, 0) is 74.1 Å². The topological polar surface area (TPSA) is 142 Å². The minimum Gasteiger partial charge on any atom is -0.446 e. The standard InChI is InChI=1S/C34H40F2N2O7S2/c1-6-38(7-2)47(43,44)23-10-8-21(9-11-23)29(41)45-34(30(42)46-15-14-37)20(3)16-24-25-18-27(35)26-17-22(39)12-13-31(26,4)33(25,36)28(40)19-32(24,34)5/h8-13,17,20,24-25,27-28,40H,6-7,15-16,18-19H2,1-5H3/t20-,24+,25+,27+,28+,31+,32+,33+,34-/m1/s1. The zero-order valence-corrected chi connectivity index (χ0v) is 28.7. The number of esters is 1. The number of benzene rings is 1. The summed E-state index contributed by atoms with van der Waals surface area (Å²) < 4.78 is 67.0. The largest absolute Gasteiger partial charge is 0.446 e. The van der Waals surface area contributed by atoms with Gasteiger partial charge in [0.2, 0.25) is 15.1 Å². The highest BCUT2D eigenvalue weighted by molar-refractivity contribution is 8.14. The number of nitriles is 1. The predicted octanol–water partition coefficient (Wildman–Crippen LogP) is 4.96. The minimum atomic E-state index is -3.81. The van der Waals surface area contributed by atoms with Crippen LogP contribution in [0.1, 0.15) is 64.2 Å². The van der Waals surface area contributed by atoms with E-state index in [2.05, 4.69) is 0 Å². The molecule has 3 saturated carbocycles. The molecule has 0 spiro atoms. The lowest BCUT2D eigenvalue weighted by molar-refractivity contribution is -0.221. The van der Waals surface area contributed by atoms with Gasteiger partial charge in [0.15, 0.2) is 17.1 Å². The number of aliphatic hydroxyl groups excluding tert-OH is 1. The average molecular weight is 691 g/mol. The van der Waals surface area contributed by atoms with E-state index in [9.17, 15) is 33.2 Å². The smallest absolute Gasteiger partial charge is 0.339 e. The Morgan fingerprint density at radius 2 is 1.79 bits per heavy atom. The number of ketones is 1. The van der Waals surface area contributed by atoms with Gasteiger partial charge in [0, 0.05) is 35.8 Å². The summed E-state index contributed by atoms with van der Waals surface area (Å²) in [6.45, 7) is 8.76. The molecule has 0 radical (unpaired) electrons. The molecule has 0 unspecified atom stereocenters. The number of thioether (sulfide) groups is 1. The molecule has 9 atom stereocenters. The van der Waals surface area contributed by atoms with E-state index in [1.807, 2.05) is 6.07 Å². The summed E-state index contributed by atoms with van der Waals surface area (Å²) in [4.78, 5) is 40.2. The first kappa shape index (κ1) is 35.4. The highest BCUT2D eigenvalue weighted by Crippen LogP contribution is 2.72. The van der Waals surface area contributed by atoms with E-state index in [1.54, 1.807) is 27.7 Å². The average Bonchev–Trinajstić information content (AvgIpc) is 3.24. The monoisotopic (exact) mass is 690 g/mol. The van der Waals surface area contributed by atoms with E-state index < -0.39 is 79.0 Å². The molecule has 254 valence electrons. The number of ether oxygens (including phenoxy) is 1. The van der Waals surface area contributed by atoms with Crippen LogP contribution in [0, 0.1) is 39.9 Å². The third-order valence-electron chi connectivity index (χ3n) is 11.4. The van der Waals surface area contributed by atoms with Crippen molar-refractivity contribution in [1.29, 1.82) is 5.26 Å². The van der Waals surface area contributed by atoms with Gasteiger partial charge in [-0.2, -0.15) is 9.57 Å². The molecule has 3 fully saturated rings. The van der Waals surface area contributed by atoms with Crippen LogP contribution in [0.4, 0.5) is 8.78 Å². The van der Waals surface area contributed by atoms with Crippen LogP contribution >= 0.6 is 11.8 Å². The first-order valence-corrected chi connectivity index (χ1v) is 18.3. The molecule has 4 aliphatic rings. The van der Waals surface area contributed by atoms with Crippen molar-refractivity contribution in [3.8, 4) is 6.07 Å². The van der Waals surface area contributed by atoms with Gasteiger partial charge < -0.3 is 9.84 Å². The first-order chi connectivity index (χ1) is 22.0. The number of allylic oxidation sites excluding steroid dienone is 4. The zero-order valence-electron chi connectivity index (χ0n) is 27.0. The number of aliphatic hydroxyl groups is 1. The number of fused-ring (bicyclic) bond motifs is 5. The Kier molecular flexibility index (Phi) is 9.18. The second kappa shape index (κ2) is 12.2. The molecular formula is C34H40F2N2O7S2. The van der Waals surface area contributed by atoms with E-state index in [0.29, 0.717) is 11.8 Å². The van der Waals surface area contributed by atoms with E-state index in [0.717, 1.165) is 6.08 Å². The fourth-order valence-corrected chi connectivity index (χ4v) is 11.4. The van der Waals surface area contributed by atoms with Crippen LogP contribution in [-0.4, -0.2) is 77.1 Å². The third kappa shape index (κ3) is 4.96. The zero-order chi connectivity index (χ0) is 34.7. The molecule has 5 rings (SSSR count). The molecule has 1 N–H and O–H groups in total. The molecule has 9 nitrogen and oxygen atoms in total. The molecular weight excluding hydrogens is 651 g/mol. The molecule has 13 heteroatoms. The maximum atomic E-state index is 17.7. The van der Waals surface area contributed by atoms with Gasteiger partial charge in [-0.15, -0.1) is 0 Å². The van der Waals surface area contributed by atoms with Crippen molar-refractivity contribution in [2.24, 2.45) is 28.6 Å². The molecule has 0 aliphatic heterocycles. The quantitative estimate of drug-likeness (QED) is 0.375. The molecule has 0 aromatic heterocycles. The summed E-state index contributed by atoms with van der Waals surface area (Å²) in [5.74, 6) is -4.19. The van der Waals surface area contributed by atoms with Crippen LogP contribution in [0.3, 0.4) is 0 Å². The van der Waals surface area contributed by atoms with E-state index >= 15 is 8.78 Å². The van der Waals surface area contributed by atoms with E-state index in [1.165, 1.54) is 47.6 Å². The van der Waals surface area contributed by atoms with Gasteiger partial charge in [-0.3, -0.25) is 9.59 Å². The van der Waals surface area contributed by atoms with Crippen molar-refractivity contribution in [3.63, 3.8) is 0 Å². The lowest BCUT2D eigenvalue weighted by Crippen LogP contribution is -2.70. The predicted molar refractivity (Wildman–Crippen MR) is 171 cm³/mol. The van der Waals surface area contributed by atoms with Gasteiger partial charge in [0.1, 0.15) is 6.17 Å². The maximum absolute atomic E-state index is 17.7. The molecule has 0 amide bonds. The van der Waals surface area contributed by atoms with Crippen molar-refractivity contribution in [3.05, 3.63) is 53.6 Å². The number of nitrogens with zero attached hydrogens (tertiary/aromatic N) is 2. The number of alkyl halides is 2. The molecule has 47 heavy (non-hydrogen) atoms. The van der Waals surface area contributed by atoms with Gasteiger partial charge in [-0.25, -0.2) is 22.0 Å². The van der Waals surface area contributed by atoms with E-state index in [4.69, 9.17) is 4.74 Å². The lowest BCUT2D eigenvalue weighted by atomic mass is 9.44. The second-order valence-electron chi connectivity index (χ2n) is 13.5. The Labute approximate surface area is 278 Å². The molecule has 0 bridgehead atoms. The van der Waals surface area contributed by atoms with Crippen LogP contribution in [0.5, 0.6) is 0 Å². The van der Waals surface area contributed by atoms with Gasteiger partial charge in [0.25, 0.3) is 0 Å². The van der Waals surface area contributed by atoms with Crippen LogP contribution in [0.2, 0.25) is 0 Å². The van der Waals surface area contributed by atoms with Crippen LogP contribution in [0.15, 0.2) is 53.0 Å². The molecule has 0 heterocycles. The summed E-state index contributed by atoms with van der Waals surface area (Å²) in [6.07, 6.45) is -0.277. The van der Waals surface area contributed by atoms with Crippen molar-refractivity contribution in [1.82, 2.24) is 4.31 Å². The van der Waals surface area contributed by atoms with Crippen LogP contribution in [-0.2, 0) is 24.3 Å². The number of hydrogen-bond acceptors (Lipinski definition) is 9. The Morgan fingerprint density at radius 1 is 1.15 bits per heavy atom. The first-order valence-electron chi connectivity index (χ1n) is 15.8. The molecule has 4 aliphatic carbocycles. The summed E-state index contributed by atoms with van der Waals surface area (Å²) in [5, 5.41) is 20.4. The number of rotatable bonds is 8. The summed E-state index contributed by atoms with van der Waals surface area (Å²) in [7, 11) is -3.81. The summed E-state index contributed by atoms with van der Waals surface area (Å²) in [6, 6.07) is 7.06. The highest BCUT2D eigenvalue weighted by Gasteiger charge is 2.78. The fourth-order valence-electron chi connectivity index (χ4n) is 9.10. The number of halogens is 2. The Morgan fingerprint density at radius 3 is 2.38 bits per heavy atom.